The van der Waals surface area contributed by atoms with E-state index in [1.807, 2.05) is 12.1 Å². The van der Waals surface area contributed by atoms with Gasteiger partial charge in [0.15, 0.2) is 0 Å². The lowest BCUT2D eigenvalue weighted by Gasteiger charge is -2.29. The van der Waals surface area contributed by atoms with Crippen LogP contribution in [0.25, 0.3) is 0 Å². The first-order chi connectivity index (χ1) is 13.3. The Kier molecular flexibility index (Phi) is 5.33. The number of benzene rings is 2. The average Bonchev–Trinajstić information content (AvgIpc) is 3.00. The van der Waals surface area contributed by atoms with Gasteiger partial charge in [0, 0.05) is 42.0 Å². The molecule has 4 nitrogen and oxygen atoms in total. The molecule has 1 aliphatic carbocycles. The molecule has 0 aromatic heterocycles. The summed E-state index contributed by atoms with van der Waals surface area (Å²) in [5.74, 6) is 1.10. The number of aryl methyl sites for hydroxylation is 1. The number of ether oxygens (including phenoxy) is 1. The number of hydrogen-bond donors (Lipinski definition) is 4. The lowest BCUT2D eigenvalue weighted by atomic mass is 9.98. The maximum atomic E-state index is 10.6. The highest BCUT2D eigenvalue weighted by Gasteiger charge is 2.60. The number of aliphatic hydroxyl groups excluding tert-OH is 1. The van der Waals surface area contributed by atoms with Crippen LogP contribution in [0, 0.1) is 6.92 Å². The van der Waals surface area contributed by atoms with E-state index in [2.05, 4.69) is 24.0 Å². The van der Waals surface area contributed by atoms with Crippen molar-refractivity contribution in [2.24, 2.45) is 0 Å². The Morgan fingerprint density at radius 2 is 1.61 bits per heavy atom. The molecule has 2 aromatic rings. The highest BCUT2D eigenvalue weighted by Crippen LogP contribution is 2.54. The zero-order valence-electron chi connectivity index (χ0n) is 16.0. The number of likely N-dealkylation sites (tertiary alicyclic amines) is 1. The van der Waals surface area contributed by atoms with Crippen LogP contribution in [0.3, 0.4) is 0 Å². The third kappa shape index (κ3) is 3.88. The van der Waals surface area contributed by atoms with E-state index in [0.717, 1.165) is 37.2 Å². The predicted molar refractivity (Wildman–Crippen MR) is 118 cm³/mol. The van der Waals surface area contributed by atoms with Crippen molar-refractivity contribution in [1.29, 1.82) is 0 Å². The van der Waals surface area contributed by atoms with Gasteiger partial charge in [0.1, 0.15) is 17.6 Å². The van der Waals surface area contributed by atoms with Crippen LogP contribution in [0.15, 0.2) is 48.5 Å². The summed E-state index contributed by atoms with van der Waals surface area (Å²) in [5, 5.41) is 20.0. The average molecular weight is 418 g/mol. The third-order valence-electron chi connectivity index (χ3n) is 6.00. The van der Waals surface area contributed by atoms with E-state index in [1.54, 1.807) is 24.3 Å². The van der Waals surface area contributed by atoms with E-state index in [4.69, 9.17) is 30.0 Å². The van der Waals surface area contributed by atoms with E-state index in [9.17, 15) is 10.2 Å². The molecule has 1 aliphatic heterocycles. The second kappa shape index (κ2) is 7.48. The van der Waals surface area contributed by atoms with Crippen LogP contribution >= 0.6 is 25.3 Å². The van der Waals surface area contributed by atoms with Crippen molar-refractivity contribution in [3.8, 4) is 11.5 Å². The van der Waals surface area contributed by atoms with E-state index in [-0.39, 0.29) is 21.3 Å². The summed E-state index contributed by atoms with van der Waals surface area (Å²) in [6.45, 7) is 4.13. The van der Waals surface area contributed by atoms with Crippen molar-refractivity contribution in [1.82, 2.24) is 4.90 Å². The van der Waals surface area contributed by atoms with Crippen LogP contribution in [0.5, 0.6) is 11.5 Å². The first-order valence-electron chi connectivity index (χ1n) is 9.64. The Hall–Kier alpha value is -1.34. The summed E-state index contributed by atoms with van der Waals surface area (Å²) in [5.41, 5.74) is 2.02. The van der Waals surface area contributed by atoms with Crippen LogP contribution in [0.1, 0.15) is 30.1 Å². The number of phenols is 1. The molecule has 1 saturated heterocycles. The number of aliphatic hydroxyl groups is 1. The van der Waals surface area contributed by atoms with Gasteiger partial charge in [-0.25, -0.2) is 0 Å². The molecule has 4 rings (SSSR count). The molecule has 2 aliphatic rings. The van der Waals surface area contributed by atoms with E-state index >= 15 is 0 Å². The largest absolute Gasteiger partial charge is 0.508 e. The van der Waals surface area contributed by atoms with Gasteiger partial charge < -0.3 is 14.9 Å². The van der Waals surface area contributed by atoms with Gasteiger partial charge >= 0.3 is 0 Å². The fourth-order valence-electron chi connectivity index (χ4n) is 4.49. The van der Waals surface area contributed by atoms with Gasteiger partial charge in [-0.15, -0.1) is 0 Å². The summed E-state index contributed by atoms with van der Waals surface area (Å²) in [6, 6.07) is 14.9. The van der Waals surface area contributed by atoms with Crippen LogP contribution in [0.2, 0.25) is 0 Å². The summed E-state index contributed by atoms with van der Waals surface area (Å²) >= 11 is 10.1. The molecular formula is C22H27NO3S2. The van der Waals surface area contributed by atoms with Crippen LogP contribution in [0.4, 0.5) is 0 Å². The van der Waals surface area contributed by atoms with Gasteiger partial charge in [-0.05, 0) is 36.8 Å². The molecule has 0 amide bonds. The van der Waals surface area contributed by atoms with Crippen molar-refractivity contribution in [2.45, 2.75) is 41.5 Å². The monoisotopic (exact) mass is 417 g/mol. The molecule has 150 valence electrons. The number of β-amino-alcohol motifs (C(OH)–C–C–N with tert-alkyl or cyclic N) is 1. The molecule has 2 fully saturated rings. The lowest BCUT2D eigenvalue weighted by molar-refractivity contribution is 0.118. The maximum Gasteiger partial charge on any atom is 0.119 e. The molecule has 6 heteroatoms. The number of hydrogen-bond acceptors (Lipinski definition) is 6. The second-order valence-electron chi connectivity index (χ2n) is 8.30. The molecule has 1 saturated carbocycles. The first-order valence-corrected chi connectivity index (χ1v) is 10.5. The van der Waals surface area contributed by atoms with Gasteiger partial charge in [-0.3, -0.25) is 4.90 Å². The highest BCUT2D eigenvalue weighted by atomic mass is 32.1. The summed E-state index contributed by atoms with van der Waals surface area (Å²) in [7, 11) is 0. The number of thiol groups is 2. The van der Waals surface area contributed by atoms with Crippen molar-refractivity contribution in [2.75, 3.05) is 19.6 Å². The molecule has 4 atom stereocenters. The summed E-state index contributed by atoms with van der Waals surface area (Å²) in [4.78, 5) is 2.24. The SMILES string of the molecule is Cc1ccc(OC2C[C@@]3(S)CN(CC(O)c4ccc(O)cc4)C[C@@]3(S)C2)cc1. The van der Waals surface area contributed by atoms with Crippen molar-refractivity contribution in [3.05, 3.63) is 59.7 Å². The summed E-state index contributed by atoms with van der Waals surface area (Å²) in [6.07, 6.45) is 1.16. The molecule has 0 radical (unpaired) electrons. The predicted octanol–water partition coefficient (Wildman–Crippen LogP) is 3.63. The zero-order valence-corrected chi connectivity index (χ0v) is 17.7. The standard InChI is InChI=1S/C22H27NO3S2/c1-15-2-8-18(9-3-15)26-19-10-21(27)13-23(14-22(21,28)11-19)12-20(25)16-4-6-17(24)7-5-16/h2-9,19-20,24-25,27-28H,10-14H2,1H3/t19?,20?,21-,22+. The molecule has 2 N–H and O–H groups in total. The molecule has 2 aromatic carbocycles. The topological polar surface area (TPSA) is 52.9 Å². The Labute approximate surface area is 177 Å². The Balaban J connectivity index is 1.38. The fraction of sp³-hybridized carbons (Fsp3) is 0.455. The minimum Gasteiger partial charge on any atom is -0.508 e. The number of fused-ring (bicyclic) bond motifs is 1. The van der Waals surface area contributed by atoms with Crippen molar-refractivity contribution < 1.29 is 14.9 Å². The van der Waals surface area contributed by atoms with Gasteiger partial charge in [0.25, 0.3) is 0 Å². The number of rotatable bonds is 5. The van der Waals surface area contributed by atoms with Crippen molar-refractivity contribution in [3.63, 3.8) is 0 Å². The van der Waals surface area contributed by atoms with Gasteiger partial charge in [-0.2, -0.15) is 25.3 Å². The van der Waals surface area contributed by atoms with Crippen LogP contribution < -0.4 is 4.74 Å². The van der Waals surface area contributed by atoms with Crippen LogP contribution in [-0.4, -0.2) is 50.3 Å². The quantitative estimate of drug-likeness (QED) is 0.561. The van der Waals surface area contributed by atoms with Gasteiger partial charge in [0.05, 0.1) is 6.10 Å². The minimum atomic E-state index is -0.604. The molecule has 0 spiro atoms. The fourth-order valence-corrected chi connectivity index (χ4v) is 5.62. The Morgan fingerprint density at radius 1 is 1.04 bits per heavy atom. The van der Waals surface area contributed by atoms with E-state index < -0.39 is 6.10 Å². The second-order valence-corrected chi connectivity index (χ2v) is 10.0. The molecule has 28 heavy (non-hydrogen) atoms. The first kappa shape index (κ1) is 20.0. The van der Waals surface area contributed by atoms with Crippen molar-refractivity contribution >= 4 is 25.3 Å². The zero-order chi connectivity index (χ0) is 19.9. The summed E-state index contributed by atoms with van der Waals surface area (Å²) < 4.78 is 5.70. The number of aromatic hydroxyl groups is 1. The Bertz CT molecular complexity index is 809. The van der Waals surface area contributed by atoms with Gasteiger partial charge in [0.2, 0.25) is 0 Å². The number of phenolic OH excluding ortho intramolecular Hbond substituents is 1. The van der Waals surface area contributed by atoms with E-state index in [0.29, 0.717) is 6.54 Å². The normalized spacial score (nSPS) is 30.9. The third-order valence-corrected chi connectivity index (χ3v) is 7.68. The maximum absolute atomic E-state index is 10.6. The molecular weight excluding hydrogens is 390 g/mol. The molecule has 0 bridgehead atoms. The number of nitrogens with zero attached hydrogens (tertiary/aromatic N) is 1. The molecule has 2 unspecified atom stereocenters. The minimum absolute atomic E-state index is 0.0990. The van der Waals surface area contributed by atoms with E-state index in [1.165, 1.54) is 5.56 Å². The molecule has 1 heterocycles. The highest BCUT2D eigenvalue weighted by molar-refractivity contribution is 7.86. The van der Waals surface area contributed by atoms with Crippen LogP contribution in [-0.2, 0) is 0 Å². The smallest absolute Gasteiger partial charge is 0.119 e. The van der Waals surface area contributed by atoms with Gasteiger partial charge in [-0.1, -0.05) is 29.8 Å². The lowest BCUT2D eigenvalue weighted by Crippen LogP contribution is -2.39. The Morgan fingerprint density at radius 3 is 2.18 bits per heavy atom.